The molecule has 1 aromatic heterocycles. The Bertz CT molecular complexity index is 605. The molecule has 0 saturated carbocycles. The monoisotopic (exact) mass is 320 g/mol. The minimum Gasteiger partial charge on any atom is -0.441 e. The fraction of sp³-hybridized carbons (Fsp3) is 0.412. The molecule has 0 saturated heterocycles. The Hall–Kier alpha value is -1.81. The summed E-state index contributed by atoms with van der Waals surface area (Å²) in [5.41, 5.74) is 0.921. The molecule has 0 aliphatic heterocycles. The van der Waals surface area contributed by atoms with Crippen molar-refractivity contribution < 1.29 is 9.21 Å². The molecule has 0 aliphatic rings. The third kappa shape index (κ3) is 5.19. The first-order chi connectivity index (χ1) is 10.5. The van der Waals surface area contributed by atoms with E-state index < -0.39 is 0 Å². The predicted octanol–water partition coefficient (Wildman–Crippen LogP) is 4.09. The van der Waals surface area contributed by atoms with Crippen molar-refractivity contribution in [3.63, 3.8) is 0 Å². The summed E-state index contributed by atoms with van der Waals surface area (Å²) in [5, 5.41) is 3.59. The van der Waals surface area contributed by atoms with Crippen LogP contribution in [-0.4, -0.2) is 17.4 Å². The quantitative estimate of drug-likeness (QED) is 0.836. The molecule has 4 nitrogen and oxygen atoms in total. The number of hydrogen-bond donors (Lipinski definition) is 1. The molecular weight excluding hydrogens is 300 g/mol. The van der Waals surface area contributed by atoms with Gasteiger partial charge >= 0.3 is 0 Å². The number of nitrogens with zero attached hydrogens (tertiary/aromatic N) is 1. The highest BCUT2D eigenvalue weighted by molar-refractivity contribution is 6.30. The lowest BCUT2D eigenvalue weighted by molar-refractivity contribution is -0.121. The summed E-state index contributed by atoms with van der Waals surface area (Å²) < 4.78 is 5.67. The summed E-state index contributed by atoms with van der Waals surface area (Å²) in [7, 11) is 0. The van der Waals surface area contributed by atoms with Crippen LogP contribution < -0.4 is 5.32 Å². The lowest BCUT2D eigenvalue weighted by Crippen LogP contribution is -2.25. The molecule has 1 amide bonds. The van der Waals surface area contributed by atoms with Crippen LogP contribution in [0.3, 0.4) is 0 Å². The average Bonchev–Trinajstić information content (AvgIpc) is 2.94. The van der Waals surface area contributed by atoms with Crippen LogP contribution in [0, 0.1) is 5.92 Å². The SMILES string of the molecule is CC(C)CCNC(=O)CCc1ncc(-c2ccc(Cl)cc2)o1. The number of aryl methyl sites for hydroxylation is 1. The molecule has 2 aromatic rings. The Morgan fingerprint density at radius 1 is 1.32 bits per heavy atom. The number of halogens is 1. The van der Waals surface area contributed by atoms with Gasteiger partial charge in [-0.15, -0.1) is 0 Å². The Balaban J connectivity index is 1.82. The standard InChI is InChI=1S/C17H21ClN2O2/c1-12(2)9-10-19-16(21)7-8-17-20-11-15(22-17)13-3-5-14(18)6-4-13/h3-6,11-12H,7-10H2,1-2H3,(H,19,21). The third-order valence-corrected chi connectivity index (χ3v) is 3.54. The zero-order valence-corrected chi connectivity index (χ0v) is 13.7. The molecule has 0 aliphatic carbocycles. The maximum atomic E-state index is 11.7. The van der Waals surface area contributed by atoms with Gasteiger partial charge in [0.05, 0.1) is 6.20 Å². The minimum absolute atomic E-state index is 0.0342. The van der Waals surface area contributed by atoms with Crippen molar-refractivity contribution in [2.24, 2.45) is 5.92 Å². The van der Waals surface area contributed by atoms with Crippen LogP contribution in [-0.2, 0) is 11.2 Å². The van der Waals surface area contributed by atoms with Crippen molar-refractivity contribution in [1.29, 1.82) is 0 Å². The molecule has 0 radical (unpaired) electrons. The van der Waals surface area contributed by atoms with Crippen molar-refractivity contribution in [1.82, 2.24) is 10.3 Å². The summed E-state index contributed by atoms with van der Waals surface area (Å²) in [4.78, 5) is 15.9. The molecule has 1 N–H and O–H groups in total. The second kappa shape index (κ2) is 7.99. The summed E-state index contributed by atoms with van der Waals surface area (Å²) in [6, 6.07) is 7.37. The summed E-state index contributed by atoms with van der Waals surface area (Å²) in [5.74, 6) is 1.89. The first kappa shape index (κ1) is 16.6. The molecule has 0 atom stereocenters. The number of carbonyl (C=O) groups excluding carboxylic acids is 1. The topological polar surface area (TPSA) is 55.1 Å². The van der Waals surface area contributed by atoms with Crippen molar-refractivity contribution >= 4 is 17.5 Å². The van der Waals surface area contributed by atoms with Crippen LogP contribution in [0.4, 0.5) is 0 Å². The highest BCUT2D eigenvalue weighted by atomic mass is 35.5. The van der Waals surface area contributed by atoms with Gasteiger partial charge in [0.25, 0.3) is 0 Å². The van der Waals surface area contributed by atoms with E-state index in [1.165, 1.54) is 0 Å². The van der Waals surface area contributed by atoms with Crippen LogP contribution >= 0.6 is 11.6 Å². The second-order valence-electron chi connectivity index (χ2n) is 5.66. The maximum absolute atomic E-state index is 11.7. The summed E-state index contributed by atoms with van der Waals surface area (Å²) in [6.07, 6.45) is 3.56. The van der Waals surface area contributed by atoms with E-state index >= 15 is 0 Å². The van der Waals surface area contributed by atoms with Crippen LogP contribution in [0.15, 0.2) is 34.9 Å². The Labute approximate surface area is 135 Å². The van der Waals surface area contributed by atoms with Gasteiger partial charge in [0.15, 0.2) is 11.7 Å². The Morgan fingerprint density at radius 2 is 2.05 bits per heavy atom. The highest BCUT2D eigenvalue weighted by Gasteiger charge is 2.09. The Kier molecular flexibility index (Phi) is 6.01. The average molecular weight is 321 g/mol. The third-order valence-electron chi connectivity index (χ3n) is 3.29. The van der Waals surface area contributed by atoms with E-state index in [2.05, 4.69) is 24.1 Å². The number of nitrogens with one attached hydrogen (secondary N) is 1. The Morgan fingerprint density at radius 3 is 2.73 bits per heavy atom. The highest BCUT2D eigenvalue weighted by Crippen LogP contribution is 2.22. The molecular formula is C17H21ClN2O2. The van der Waals surface area contributed by atoms with E-state index in [0.29, 0.717) is 35.4 Å². The van der Waals surface area contributed by atoms with E-state index in [9.17, 15) is 4.79 Å². The molecule has 1 aromatic carbocycles. The minimum atomic E-state index is 0.0342. The van der Waals surface area contributed by atoms with Crippen molar-refractivity contribution in [2.75, 3.05) is 6.54 Å². The molecule has 1 heterocycles. The number of benzene rings is 1. The van der Waals surface area contributed by atoms with E-state index in [0.717, 1.165) is 18.5 Å². The first-order valence-corrected chi connectivity index (χ1v) is 7.89. The number of amides is 1. The van der Waals surface area contributed by atoms with Crippen LogP contribution in [0.5, 0.6) is 0 Å². The molecule has 2 rings (SSSR count). The van der Waals surface area contributed by atoms with Crippen molar-refractivity contribution in [2.45, 2.75) is 33.1 Å². The van der Waals surface area contributed by atoms with E-state index in [1.54, 1.807) is 18.3 Å². The number of oxazole rings is 1. The molecule has 5 heteroatoms. The van der Waals surface area contributed by atoms with Gasteiger partial charge in [0.2, 0.25) is 5.91 Å². The molecule has 0 spiro atoms. The fourth-order valence-corrected chi connectivity index (χ4v) is 2.11. The summed E-state index contributed by atoms with van der Waals surface area (Å²) in [6.45, 7) is 4.99. The van der Waals surface area contributed by atoms with E-state index in [4.69, 9.17) is 16.0 Å². The zero-order valence-electron chi connectivity index (χ0n) is 12.9. The van der Waals surface area contributed by atoms with Crippen LogP contribution in [0.1, 0.15) is 32.6 Å². The smallest absolute Gasteiger partial charge is 0.220 e. The maximum Gasteiger partial charge on any atom is 0.220 e. The number of hydrogen-bond acceptors (Lipinski definition) is 3. The largest absolute Gasteiger partial charge is 0.441 e. The van der Waals surface area contributed by atoms with Crippen molar-refractivity contribution in [3.8, 4) is 11.3 Å². The van der Waals surface area contributed by atoms with Gasteiger partial charge in [0, 0.05) is 30.0 Å². The van der Waals surface area contributed by atoms with Gasteiger partial charge in [-0.2, -0.15) is 0 Å². The summed E-state index contributed by atoms with van der Waals surface area (Å²) >= 11 is 5.86. The van der Waals surface area contributed by atoms with E-state index in [1.807, 2.05) is 12.1 Å². The van der Waals surface area contributed by atoms with Crippen LogP contribution in [0.25, 0.3) is 11.3 Å². The van der Waals surface area contributed by atoms with Gasteiger partial charge in [-0.3, -0.25) is 4.79 Å². The molecule has 118 valence electrons. The normalized spacial score (nSPS) is 10.9. The lowest BCUT2D eigenvalue weighted by Gasteiger charge is -2.06. The van der Waals surface area contributed by atoms with Gasteiger partial charge in [-0.05, 0) is 36.6 Å². The predicted molar refractivity (Wildman–Crippen MR) is 87.7 cm³/mol. The molecule has 22 heavy (non-hydrogen) atoms. The number of rotatable bonds is 7. The van der Waals surface area contributed by atoms with Gasteiger partial charge in [0.1, 0.15) is 0 Å². The van der Waals surface area contributed by atoms with Gasteiger partial charge in [-0.25, -0.2) is 4.98 Å². The van der Waals surface area contributed by atoms with E-state index in [-0.39, 0.29) is 5.91 Å². The fourth-order valence-electron chi connectivity index (χ4n) is 1.98. The second-order valence-corrected chi connectivity index (χ2v) is 6.09. The molecule has 0 bridgehead atoms. The zero-order chi connectivity index (χ0) is 15.9. The van der Waals surface area contributed by atoms with Gasteiger partial charge in [-0.1, -0.05) is 25.4 Å². The number of aromatic nitrogens is 1. The van der Waals surface area contributed by atoms with Crippen molar-refractivity contribution in [3.05, 3.63) is 41.4 Å². The molecule has 0 fully saturated rings. The first-order valence-electron chi connectivity index (χ1n) is 7.52. The van der Waals surface area contributed by atoms with Crippen LogP contribution in [0.2, 0.25) is 5.02 Å². The molecule has 0 unspecified atom stereocenters. The van der Waals surface area contributed by atoms with Gasteiger partial charge < -0.3 is 9.73 Å². The lowest BCUT2D eigenvalue weighted by atomic mass is 10.1. The number of carbonyl (C=O) groups is 1.